The van der Waals surface area contributed by atoms with E-state index in [1.807, 2.05) is 0 Å². The van der Waals surface area contributed by atoms with E-state index in [2.05, 4.69) is 202 Å². The van der Waals surface area contributed by atoms with Crippen LogP contribution >= 0.6 is 0 Å². The Hall–Kier alpha value is -7.69. The molecular weight excluding hydrogens is 731 g/mol. The van der Waals surface area contributed by atoms with Crippen molar-refractivity contribution in [2.75, 3.05) is 0 Å². The normalized spacial score (nSPS) is 13.0. The summed E-state index contributed by atoms with van der Waals surface area (Å²) in [6.45, 7) is 4.62. The third kappa shape index (κ3) is 5.27. The molecule has 2 aromatic heterocycles. The zero-order chi connectivity index (χ0) is 40.0. The van der Waals surface area contributed by atoms with Crippen LogP contribution in [-0.4, -0.2) is 15.0 Å². The Balaban J connectivity index is 1.05. The zero-order valence-corrected chi connectivity index (χ0v) is 33.1. The van der Waals surface area contributed by atoms with E-state index in [1.165, 1.54) is 44.2 Å². The fraction of sp³-hybridized carbons (Fsp3) is 0.0536. The first kappa shape index (κ1) is 34.4. The van der Waals surface area contributed by atoms with Crippen LogP contribution < -0.4 is 0 Å². The number of rotatable bonds is 5. The highest BCUT2D eigenvalue weighted by molar-refractivity contribution is 6.14. The summed E-state index contributed by atoms with van der Waals surface area (Å²) in [6.07, 6.45) is 0. The van der Waals surface area contributed by atoms with Gasteiger partial charge in [-0.25, -0.2) is 15.0 Å². The third-order valence-electron chi connectivity index (χ3n) is 12.5. The van der Waals surface area contributed by atoms with Crippen molar-refractivity contribution in [1.82, 2.24) is 15.0 Å². The fourth-order valence-corrected chi connectivity index (χ4v) is 9.63. The van der Waals surface area contributed by atoms with Crippen LogP contribution in [0, 0.1) is 0 Å². The monoisotopic (exact) mass is 767 g/mol. The Morgan fingerprint density at radius 2 is 0.983 bits per heavy atom. The predicted molar refractivity (Wildman–Crippen MR) is 247 cm³/mol. The first-order valence-electron chi connectivity index (χ1n) is 20.5. The lowest BCUT2D eigenvalue weighted by molar-refractivity contribution is 0.660. The second-order valence-corrected chi connectivity index (χ2v) is 16.3. The maximum absolute atomic E-state index is 6.53. The molecular formula is C56H37N3O. The molecule has 0 unspecified atom stereocenters. The lowest BCUT2D eigenvalue weighted by atomic mass is 9.82. The van der Waals surface area contributed by atoms with Gasteiger partial charge in [-0.1, -0.05) is 172 Å². The maximum Gasteiger partial charge on any atom is 0.164 e. The molecule has 2 heterocycles. The van der Waals surface area contributed by atoms with Gasteiger partial charge in [0.15, 0.2) is 17.5 Å². The van der Waals surface area contributed by atoms with Gasteiger partial charge in [0.05, 0.1) is 0 Å². The van der Waals surface area contributed by atoms with Crippen molar-refractivity contribution in [3.8, 4) is 67.5 Å². The lowest BCUT2D eigenvalue weighted by Gasteiger charge is -2.21. The number of fused-ring (bicyclic) bond motifs is 9. The van der Waals surface area contributed by atoms with Crippen LogP contribution in [0.2, 0.25) is 0 Å². The average Bonchev–Trinajstić information content (AvgIpc) is 3.80. The van der Waals surface area contributed by atoms with Crippen LogP contribution in [0.4, 0.5) is 0 Å². The van der Waals surface area contributed by atoms with Gasteiger partial charge in [-0.2, -0.15) is 0 Å². The van der Waals surface area contributed by atoms with E-state index in [0.29, 0.717) is 17.5 Å². The van der Waals surface area contributed by atoms with Gasteiger partial charge in [0, 0.05) is 32.9 Å². The highest BCUT2D eigenvalue weighted by atomic mass is 16.3. The summed E-state index contributed by atoms with van der Waals surface area (Å²) in [5.41, 5.74) is 13.9. The van der Waals surface area contributed by atoms with Crippen LogP contribution in [-0.2, 0) is 5.41 Å². The van der Waals surface area contributed by atoms with Crippen molar-refractivity contribution in [1.29, 1.82) is 0 Å². The highest BCUT2D eigenvalue weighted by Crippen LogP contribution is 2.52. The Bertz CT molecular complexity index is 3530. The van der Waals surface area contributed by atoms with E-state index in [0.717, 1.165) is 60.5 Å². The van der Waals surface area contributed by atoms with Gasteiger partial charge < -0.3 is 4.42 Å². The maximum atomic E-state index is 6.53. The molecule has 11 aromatic rings. The molecule has 4 heteroatoms. The van der Waals surface area contributed by atoms with Gasteiger partial charge >= 0.3 is 0 Å². The highest BCUT2D eigenvalue weighted by Gasteiger charge is 2.37. The molecule has 0 radical (unpaired) electrons. The van der Waals surface area contributed by atoms with Gasteiger partial charge in [0.1, 0.15) is 11.2 Å². The number of benzene rings is 9. The molecule has 60 heavy (non-hydrogen) atoms. The first-order chi connectivity index (χ1) is 29.5. The van der Waals surface area contributed by atoms with Crippen molar-refractivity contribution < 1.29 is 4.42 Å². The second-order valence-electron chi connectivity index (χ2n) is 16.3. The minimum atomic E-state index is -0.159. The molecule has 0 amide bonds. The smallest absolute Gasteiger partial charge is 0.164 e. The molecule has 0 bridgehead atoms. The molecule has 1 aliphatic carbocycles. The number of aromatic nitrogens is 3. The molecule has 0 aliphatic heterocycles. The SMILES string of the molecule is CC1(C)c2ccccc2-c2c(-c3nc(-c4cccc(-c5ccc6c(c5)oc5cccc(-c7ccccc7)c56)c4)nc(-c4cc5ccccc5c5ccccc45)n3)cccc21. The quantitative estimate of drug-likeness (QED) is 0.164. The molecule has 0 saturated carbocycles. The van der Waals surface area contributed by atoms with Crippen LogP contribution in [0.5, 0.6) is 0 Å². The van der Waals surface area contributed by atoms with Gasteiger partial charge in [-0.3, -0.25) is 0 Å². The molecule has 1 aliphatic rings. The summed E-state index contributed by atoms with van der Waals surface area (Å²) in [7, 11) is 0. The van der Waals surface area contributed by atoms with E-state index >= 15 is 0 Å². The molecule has 12 rings (SSSR count). The second kappa shape index (κ2) is 13.2. The topological polar surface area (TPSA) is 51.8 Å². The number of nitrogens with zero attached hydrogens (tertiary/aromatic N) is 3. The average molecular weight is 768 g/mol. The fourth-order valence-electron chi connectivity index (χ4n) is 9.63. The number of hydrogen-bond donors (Lipinski definition) is 0. The summed E-state index contributed by atoms with van der Waals surface area (Å²) in [6, 6.07) is 66.5. The Kier molecular flexibility index (Phi) is 7.54. The van der Waals surface area contributed by atoms with Crippen LogP contribution in [0.25, 0.3) is 111 Å². The van der Waals surface area contributed by atoms with Crippen molar-refractivity contribution >= 4 is 43.5 Å². The molecule has 9 aromatic carbocycles. The van der Waals surface area contributed by atoms with Gasteiger partial charge in [0.25, 0.3) is 0 Å². The van der Waals surface area contributed by atoms with Crippen molar-refractivity contribution in [2.45, 2.75) is 19.3 Å². The van der Waals surface area contributed by atoms with Crippen LogP contribution in [0.1, 0.15) is 25.0 Å². The van der Waals surface area contributed by atoms with E-state index in [9.17, 15) is 0 Å². The van der Waals surface area contributed by atoms with Crippen molar-refractivity contribution in [3.63, 3.8) is 0 Å². The van der Waals surface area contributed by atoms with Gasteiger partial charge in [-0.05, 0) is 96.4 Å². The molecule has 0 N–H and O–H groups in total. The van der Waals surface area contributed by atoms with Crippen molar-refractivity contribution in [2.24, 2.45) is 0 Å². The summed E-state index contributed by atoms with van der Waals surface area (Å²) < 4.78 is 6.53. The third-order valence-corrected chi connectivity index (χ3v) is 12.5. The summed E-state index contributed by atoms with van der Waals surface area (Å²) in [5.74, 6) is 1.91. The van der Waals surface area contributed by atoms with Crippen LogP contribution in [0.3, 0.4) is 0 Å². The minimum Gasteiger partial charge on any atom is -0.456 e. The largest absolute Gasteiger partial charge is 0.456 e. The van der Waals surface area contributed by atoms with E-state index < -0.39 is 0 Å². The lowest BCUT2D eigenvalue weighted by Crippen LogP contribution is -2.14. The minimum absolute atomic E-state index is 0.159. The summed E-state index contributed by atoms with van der Waals surface area (Å²) in [4.78, 5) is 16.1. The van der Waals surface area contributed by atoms with E-state index in [1.54, 1.807) is 0 Å². The number of hydrogen-bond acceptors (Lipinski definition) is 4. The molecule has 282 valence electrons. The molecule has 0 fully saturated rings. The van der Waals surface area contributed by atoms with Crippen molar-refractivity contribution in [3.05, 3.63) is 199 Å². The van der Waals surface area contributed by atoms with E-state index in [4.69, 9.17) is 19.4 Å². The molecule has 0 saturated heterocycles. The Labute approximate surface area is 347 Å². The van der Waals surface area contributed by atoms with E-state index in [-0.39, 0.29) is 5.41 Å². The zero-order valence-electron chi connectivity index (χ0n) is 33.1. The standard InChI is InChI=1S/C56H37N3O/c1-56(2)47-26-11-10-23-43(47)51-45(25-13-27-48(51)56)54-57-53(58-55(59-54)46-32-37-17-6-7-20-39(37)41-21-8-9-22-42(41)46)38-19-12-18-35(31-38)36-29-30-44-50(33-36)60-49-28-14-24-40(52(44)49)34-15-4-3-5-16-34/h3-33H,1-2H3. The van der Waals surface area contributed by atoms with Gasteiger partial charge in [0.2, 0.25) is 0 Å². The van der Waals surface area contributed by atoms with Crippen LogP contribution in [0.15, 0.2) is 192 Å². The molecule has 4 nitrogen and oxygen atoms in total. The molecule has 0 atom stereocenters. The van der Waals surface area contributed by atoms with Gasteiger partial charge in [-0.15, -0.1) is 0 Å². The summed E-state index contributed by atoms with van der Waals surface area (Å²) in [5, 5.41) is 6.85. The molecule has 0 spiro atoms. The predicted octanol–water partition coefficient (Wildman–Crippen LogP) is 14.7. The Morgan fingerprint density at radius 3 is 1.87 bits per heavy atom. The Morgan fingerprint density at radius 1 is 0.367 bits per heavy atom. The number of furan rings is 1. The summed E-state index contributed by atoms with van der Waals surface area (Å²) >= 11 is 0. The first-order valence-corrected chi connectivity index (χ1v) is 20.5.